The number of amides is 2. The van der Waals surface area contributed by atoms with Crippen LogP contribution in [0.2, 0.25) is 0 Å². The molecule has 2 N–H and O–H groups in total. The van der Waals surface area contributed by atoms with Gasteiger partial charge in [0.25, 0.3) is 0 Å². The van der Waals surface area contributed by atoms with E-state index in [2.05, 4.69) is 5.32 Å². The van der Waals surface area contributed by atoms with E-state index in [0.29, 0.717) is 19.4 Å². The number of aliphatic carboxylic acids is 1. The van der Waals surface area contributed by atoms with E-state index in [1.165, 1.54) is 4.90 Å². The zero-order chi connectivity index (χ0) is 14.4. The van der Waals surface area contributed by atoms with Gasteiger partial charge in [0.2, 0.25) is 11.8 Å². The first kappa shape index (κ1) is 15.5. The van der Waals surface area contributed by atoms with Crippen molar-refractivity contribution in [2.75, 3.05) is 20.6 Å². The molecule has 0 aromatic heterocycles. The lowest BCUT2D eigenvalue weighted by Crippen LogP contribution is -2.41. The first-order valence-corrected chi connectivity index (χ1v) is 6.65. The molecule has 0 radical (unpaired) electrons. The third kappa shape index (κ3) is 4.22. The van der Waals surface area contributed by atoms with Crippen molar-refractivity contribution in [2.24, 2.45) is 11.8 Å². The van der Waals surface area contributed by atoms with Gasteiger partial charge in [-0.05, 0) is 12.8 Å². The number of carboxylic acids is 1. The average Bonchev–Trinajstić information content (AvgIpc) is 2.43. The van der Waals surface area contributed by atoms with E-state index >= 15 is 0 Å². The molecule has 1 fully saturated rings. The summed E-state index contributed by atoms with van der Waals surface area (Å²) in [6.45, 7) is 0.321. The van der Waals surface area contributed by atoms with E-state index < -0.39 is 17.8 Å². The van der Waals surface area contributed by atoms with Crippen molar-refractivity contribution < 1.29 is 19.5 Å². The molecule has 1 aliphatic rings. The Hall–Kier alpha value is -1.59. The molecular formula is C13H22N2O4. The first-order chi connectivity index (χ1) is 8.97. The molecule has 1 rings (SSSR count). The van der Waals surface area contributed by atoms with Gasteiger partial charge in [0.15, 0.2) is 0 Å². The molecule has 2 amide bonds. The van der Waals surface area contributed by atoms with Crippen LogP contribution in [0.1, 0.15) is 32.1 Å². The number of nitrogens with one attached hydrogen (secondary N) is 1. The molecule has 0 aliphatic heterocycles. The predicted molar refractivity (Wildman–Crippen MR) is 69.4 cm³/mol. The number of carbonyl (C=O) groups is 3. The van der Waals surface area contributed by atoms with E-state index in [-0.39, 0.29) is 18.2 Å². The average molecular weight is 270 g/mol. The fraction of sp³-hybridized carbons (Fsp3) is 0.769. The van der Waals surface area contributed by atoms with Crippen molar-refractivity contribution in [2.45, 2.75) is 32.1 Å². The Balaban J connectivity index is 2.58. The van der Waals surface area contributed by atoms with E-state index in [9.17, 15) is 14.4 Å². The summed E-state index contributed by atoms with van der Waals surface area (Å²) in [5.74, 6) is -2.20. The number of rotatable bonds is 5. The number of carbonyl (C=O) groups excluding carboxylic acids is 2. The van der Waals surface area contributed by atoms with Crippen molar-refractivity contribution in [1.29, 1.82) is 0 Å². The molecule has 0 aromatic rings. The fourth-order valence-electron chi connectivity index (χ4n) is 2.51. The number of carboxylic acid groups (broad SMARTS) is 1. The summed E-state index contributed by atoms with van der Waals surface area (Å²) in [4.78, 5) is 36.0. The summed E-state index contributed by atoms with van der Waals surface area (Å²) in [6.07, 6.45) is 3.19. The summed E-state index contributed by atoms with van der Waals surface area (Å²) >= 11 is 0. The molecule has 6 heteroatoms. The highest BCUT2D eigenvalue weighted by molar-refractivity contribution is 5.85. The second-order valence-electron chi connectivity index (χ2n) is 5.02. The molecule has 0 heterocycles. The summed E-state index contributed by atoms with van der Waals surface area (Å²) in [7, 11) is 3.17. The molecule has 2 atom stereocenters. The minimum atomic E-state index is -0.891. The topological polar surface area (TPSA) is 86.7 Å². The van der Waals surface area contributed by atoms with Crippen LogP contribution in [0.15, 0.2) is 0 Å². The monoisotopic (exact) mass is 270 g/mol. The highest BCUT2D eigenvalue weighted by Crippen LogP contribution is 2.31. The minimum Gasteiger partial charge on any atom is -0.481 e. The number of nitrogens with zero attached hydrogens (tertiary/aromatic N) is 1. The van der Waals surface area contributed by atoms with Gasteiger partial charge in [-0.1, -0.05) is 12.8 Å². The van der Waals surface area contributed by atoms with Crippen LogP contribution < -0.4 is 5.32 Å². The molecular weight excluding hydrogens is 248 g/mol. The fourth-order valence-corrected chi connectivity index (χ4v) is 2.51. The van der Waals surface area contributed by atoms with Crippen LogP contribution in [-0.2, 0) is 14.4 Å². The Labute approximate surface area is 113 Å². The van der Waals surface area contributed by atoms with Gasteiger partial charge in [-0.25, -0.2) is 0 Å². The van der Waals surface area contributed by atoms with Gasteiger partial charge in [-0.15, -0.1) is 0 Å². The van der Waals surface area contributed by atoms with Crippen LogP contribution in [0.25, 0.3) is 0 Å². The molecule has 2 unspecified atom stereocenters. The van der Waals surface area contributed by atoms with Crippen molar-refractivity contribution in [1.82, 2.24) is 10.2 Å². The lowest BCUT2D eigenvalue weighted by Gasteiger charge is -2.30. The largest absolute Gasteiger partial charge is 0.481 e. The number of hydrogen-bond acceptors (Lipinski definition) is 3. The van der Waals surface area contributed by atoms with E-state index in [0.717, 1.165) is 12.8 Å². The van der Waals surface area contributed by atoms with Crippen LogP contribution >= 0.6 is 0 Å². The summed E-state index contributed by atoms with van der Waals surface area (Å²) in [5, 5.41) is 11.7. The van der Waals surface area contributed by atoms with Crippen LogP contribution in [0.5, 0.6) is 0 Å². The summed E-state index contributed by atoms with van der Waals surface area (Å²) in [6, 6.07) is 0. The Morgan fingerprint density at radius 1 is 1.21 bits per heavy atom. The van der Waals surface area contributed by atoms with Gasteiger partial charge in [0.05, 0.1) is 11.8 Å². The lowest BCUT2D eigenvalue weighted by atomic mass is 9.78. The molecule has 1 aliphatic carbocycles. The highest BCUT2D eigenvalue weighted by Gasteiger charge is 2.36. The van der Waals surface area contributed by atoms with Crippen LogP contribution in [0.3, 0.4) is 0 Å². The first-order valence-electron chi connectivity index (χ1n) is 6.65. The smallest absolute Gasteiger partial charge is 0.307 e. The minimum absolute atomic E-state index is 0.127. The molecule has 19 heavy (non-hydrogen) atoms. The van der Waals surface area contributed by atoms with Crippen molar-refractivity contribution in [3.63, 3.8) is 0 Å². The SMILES string of the molecule is CNC(=O)CCN(C)C(=O)C1CCCCC1C(=O)O. The van der Waals surface area contributed by atoms with Gasteiger partial charge in [0.1, 0.15) is 0 Å². The van der Waals surface area contributed by atoms with Crippen LogP contribution in [0, 0.1) is 11.8 Å². The predicted octanol–water partition coefficient (Wildman–Crippen LogP) is 0.472. The third-order valence-corrected chi connectivity index (χ3v) is 3.73. The Bertz CT molecular complexity index is 357. The van der Waals surface area contributed by atoms with E-state index in [1.54, 1.807) is 14.1 Å². The standard InChI is InChI=1S/C13H22N2O4/c1-14-11(16)7-8-15(2)12(17)9-5-3-4-6-10(9)13(18)19/h9-10H,3-8H2,1-2H3,(H,14,16)(H,18,19). The van der Waals surface area contributed by atoms with Crippen LogP contribution in [0.4, 0.5) is 0 Å². The molecule has 0 aromatic carbocycles. The van der Waals surface area contributed by atoms with Gasteiger partial charge < -0.3 is 15.3 Å². The van der Waals surface area contributed by atoms with Gasteiger partial charge in [-0.3, -0.25) is 14.4 Å². The maximum absolute atomic E-state index is 12.2. The molecule has 0 saturated heterocycles. The molecule has 108 valence electrons. The maximum Gasteiger partial charge on any atom is 0.307 e. The summed E-state index contributed by atoms with van der Waals surface area (Å²) < 4.78 is 0. The summed E-state index contributed by atoms with van der Waals surface area (Å²) in [5.41, 5.74) is 0. The second kappa shape index (κ2) is 7.11. The van der Waals surface area contributed by atoms with Gasteiger partial charge >= 0.3 is 5.97 Å². The second-order valence-corrected chi connectivity index (χ2v) is 5.02. The molecule has 6 nitrogen and oxygen atoms in total. The van der Waals surface area contributed by atoms with Crippen molar-refractivity contribution in [3.05, 3.63) is 0 Å². The van der Waals surface area contributed by atoms with Crippen molar-refractivity contribution in [3.8, 4) is 0 Å². The third-order valence-electron chi connectivity index (χ3n) is 3.73. The van der Waals surface area contributed by atoms with Crippen LogP contribution in [-0.4, -0.2) is 48.4 Å². The Morgan fingerprint density at radius 2 is 1.79 bits per heavy atom. The zero-order valence-corrected chi connectivity index (χ0v) is 11.5. The molecule has 0 bridgehead atoms. The normalized spacial score (nSPS) is 22.6. The lowest BCUT2D eigenvalue weighted by molar-refractivity contribution is -0.152. The van der Waals surface area contributed by atoms with E-state index in [1.807, 2.05) is 0 Å². The number of hydrogen-bond donors (Lipinski definition) is 2. The zero-order valence-electron chi connectivity index (χ0n) is 11.5. The maximum atomic E-state index is 12.2. The van der Waals surface area contributed by atoms with Crippen molar-refractivity contribution >= 4 is 17.8 Å². The Morgan fingerprint density at radius 3 is 2.32 bits per heavy atom. The molecule has 0 spiro atoms. The Kier molecular flexibility index (Phi) is 5.79. The van der Waals surface area contributed by atoms with Gasteiger partial charge in [-0.2, -0.15) is 0 Å². The van der Waals surface area contributed by atoms with E-state index in [4.69, 9.17) is 5.11 Å². The highest BCUT2D eigenvalue weighted by atomic mass is 16.4. The van der Waals surface area contributed by atoms with Gasteiger partial charge in [0, 0.05) is 27.1 Å². The molecule has 1 saturated carbocycles. The quantitative estimate of drug-likeness (QED) is 0.760.